The van der Waals surface area contributed by atoms with E-state index in [4.69, 9.17) is 14.0 Å². The lowest BCUT2D eigenvalue weighted by Crippen LogP contribution is -2.61. The molecule has 54 heavy (non-hydrogen) atoms. The fourth-order valence-electron chi connectivity index (χ4n) is 6.75. The van der Waals surface area contributed by atoms with E-state index in [1.807, 2.05) is 6.08 Å². The van der Waals surface area contributed by atoms with E-state index >= 15 is 0 Å². The number of carbonyl (C=O) groups is 1. The summed E-state index contributed by atoms with van der Waals surface area (Å²) in [5, 5.41) is 54.9. The molecule has 320 valence electrons. The van der Waals surface area contributed by atoms with Crippen molar-refractivity contribution in [2.75, 3.05) is 13.2 Å². The maximum Gasteiger partial charge on any atom is 0.397 e. The van der Waals surface area contributed by atoms with E-state index in [1.165, 1.54) is 109 Å². The van der Waals surface area contributed by atoms with Crippen molar-refractivity contribution in [2.24, 2.45) is 0 Å². The standard InChI is InChI=1S/C40H77NO12S/c1-3-5-7-9-11-13-15-16-17-19-21-23-25-27-29-34(44)39(47)41-32(33(43)28-26-24-22-20-18-14-12-10-8-6-4-2)31-51-40-37(46)38(53-54(48,49)50)36(45)35(30-42)52-40/h26,28,32-38,40,42-46H,3-25,27,29-31H2,1-2H3,(H,41,47)(H,48,49,50)/b28-26+. The van der Waals surface area contributed by atoms with Crippen LogP contribution >= 0.6 is 0 Å². The van der Waals surface area contributed by atoms with Gasteiger partial charge in [-0.05, 0) is 19.3 Å². The third-order valence-corrected chi connectivity index (χ3v) is 10.6. The average Bonchev–Trinajstić information content (AvgIpc) is 3.14. The Bertz CT molecular complexity index is 1050. The minimum atomic E-state index is -5.11. The Hall–Kier alpha value is -1.20. The third kappa shape index (κ3) is 24.4. The van der Waals surface area contributed by atoms with Gasteiger partial charge in [0.05, 0.1) is 25.4 Å². The lowest BCUT2D eigenvalue weighted by molar-refractivity contribution is -0.298. The van der Waals surface area contributed by atoms with Crippen LogP contribution in [0.5, 0.6) is 0 Å². The molecule has 1 saturated heterocycles. The van der Waals surface area contributed by atoms with Gasteiger partial charge in [-0.1, -0.05) is 167 Å². The first-order chi connectivity index (χ1) is 25.9. The van der Waals surface area contributed by atoms with E-state index in [2.05, 4.69) is 23.3 Å². The van der Waals surface area contributed by atoms with Gasteiger partial charge in [-0.3, -0.25) is 9.35 Å². The topological polar surface area (TPSA) is 212 Å². The quantitative estimate of drug-likeness (QED) is 0.0218. The van der Waals surface area contributed by atoms with Crippen LogP contribution in [0.1, 0.15) is 174 Å². The first-order valence-electron chi connectivity index (χ1n) is 21.2. The van der Waals surface area contributed by atoms with Crippen molar-refractivity contribution >= 4 is 16.3 Å². The number of nitrogens with one attached hydrogen (secondary N) is 1. The largest absolute Gasteiger partial charge is 0.397 e. The Morgan fingerprint density at radius 1 is 0.741 bits per heavy atom. The van der Waals surface area contributed by atoms with Crippen LogP contribution in [0.15, 0.2) is 12.2 Å². The lowest BCUT2D eigenvalue weighted by atomic mass is 9.99. The van der Waals surface area contributed by atoms with E-state index in [0.717, 1.165) is 38.5 Å². The number of aliphatic hydroxyl groups excluding tert-OH is 5. The van der Waals surface area contributed by atoms with Crippen LogP contribution in [0.4, 0.5) is 0 Å². The van der Waals surface area contributed by atoms with E-state index in [1.54, 1.807) is 0 Å². The number of ether oxygens (including phenoxy) is 2. The van der Waals surface area contributed by atoms with Crippen molar-refractivity contribution in [1.82, 2.24) is 5.32 Å². The SMILES string of the molecule is CCCCCCCCCCC/C=C/C(O)C(COC1OC(CO)C(O)C(OS(=O)(=O)O)C1O)NC(=O)C(O)CCCCCCCCCCCCCCCC. The fraction of sp³-hybridized carbons (Fsp3) is 0.925. The Kier molecular flexibility index (Phi) is 30.0. The maximum atomic E-state index is 13.0. The summed E-state index contributed by atoms with van der Waals surface area (Å²) < 4.78 is 47.3. The van der Waals surface area contributed by atoms with Gasteiger partial charge in [0.15, 0.2) is 6.29 Å². The molecule has 0 saturated carbocycles. The van der Waals surface area contributed by atoms with Gasteiger partial charge in [0.25, 0.3) is 0 Å². The highest BCUT2D eigenvalue weighted by Crippen LogP contribution is 2.26. The molecular formula is C40H77NO12S. The number of carbonyl (C=O) groups excluding carboxylic acids is 1. The molecule has 0 aliphatic carbocycles. The van der Waals surface area contributed by atoms with Crippen LogP contribution in [-0.2, 0) is 28.9 Å². The van der Waals surface area contributed by atoms with Gasteiger partial charge in [0.1, 0.15) is 30.5 Å². The predicted octanol–water partition coefficient (Wildman–Crippen LogP) is 6.19. The zero-order chi connectivity index (χ0) is 40.0. The van der Waals surface area contributed by atoms with Crippen molar-refractivity contribution in [2.45, 2.75) is 223 Å². The molecule has 1 fully saturated rings. The first-order valence-corrected chi connectivity index (χ1v) is 22.5. The van der Waals surface area contributed by atoms with Gasteiger partial charge in [-0.25, -0.2) is 4.18 Å². The maximum absolute atomic E-state index is 13.0. The fourth-order valence-corrected chi connectivity index (χ4v) is 7.26. The number of aliphatic hydroxyl groups is 5. The Morgan fingerprint density at radius 3 is 1.67 bits per heavy atom. The number of hydrogen-bond donors (Lipinski definition) is 7. The minimum Gasteiger partial charge on any atom is -0.394 e. The van der Waals surface area contributed by atoms with Crippen LogP contribution in [0.25, 0.3) is 0 Å². The van der Waals surface area contributed by atoms with Crippen LogP contribution in [0.2, 0.25) is 0 Å². The minimum absolute atomic E-state index is 0.247. The van der Waals surface area contributed by atoms with Crippen molar-refractivity contribution in [1.29, 1.82) is 0 Å². The molecule has 1 amide bonds. The second-order valence-electron chi connectivity index (χ2n) is 15.1. The molecule has 0 bridgehead atoms. The molecule has 14 heteroatoms. The van der Waals surface area contributed by atoms with E-state index in [9.17, 15) is 38.7 Å². The summed E-state index contributed by atoms with van der Waals surface area (Å²) in [6.07, 6.45) is 20.2. The summed E-state index contributed by atoms with van der Waals surface area (Å²) >= 11 is 0. The van der Waals surface area contributed by atoms with Crippen molar-refractivity contribution in [3.63, 3.8) is 0 Å². The first kappa shape index (κ1) is 50.8. The molecule has 13 nitrogen and oxygen atoms in total. The van der Waals surface area contributed by atoms with Crippen LogP contribution in [0, 0.1) is 0 Å². The zero-order valence-electron chi connectivity index (χ0n) is 33.4. The monoisotopic (exact) mass is 796 g/mol. The summed E-state index contributed by atoms with van der Waals surface area (Å²) in [6, 6.07) is -1.11. The van der Waals surface area contributed by atoms with Gasteiger partial charge in [-0.2, -0.15) is 8.42 Å². The Labute approximate surface area is 326 Å². The summed E-state index contributed by atoms with van der Waals surface area (Å²) in [6.45, 7) is 3.18. The summed E-state index contributed by atoms with van der Waals surface area (Å²) in [5.74, 6) is -0.703. The number of amides is 1. The second-order valence-corrected chi connectivity index (χ2v) is 16.1. The molecule has 1 aliphatic rings. The van der Waals surface area contributed by atoms with Gasteiger partial charge in [-0.15, -0.1) is 0 Å². The van der Waals surface area contributed by atoms with E-state index in [-0.39, 0.29) is 6.42 Å². The second kappa shape index (κ2) is 31.8. The van der Waals surface area contributed by atoms with Gasteiger partial charge >= 0.3 is 10.4 Å². The number of hydrogen-bond acceptors (Lipinski definition) is 11. The third-order valence-electron chi connectivity index (χ3n) is 10.2. The molecule has 1 rings (SSSR count). The number of allylic oxidation sites excluding steroid dienone is 1. The summed E-state index contributed by atoms with van der Waals surface area (Å²) in [7, 11) is -5.11. The summed E-state index contributed by atoms with van der Waals surface area (Å²) in [4.78, 5) is 13.0. The van der Waals surface area contributed by atoms with Crippen LogP contribution in [-0.4, -0.2) is 107 Å². The van der Waals surface area contributed by atoms with Gasteiger partial charge < -0.3 is 40.3 Å². The molecule has 8 unspecified atom stereocenters. The van der Waals surface area contributed by atoms with Crippen LogP contribution < -0.4 is 5.32 Å². The van der Waals surface area contributed by atoms with Gasteiger partial charge in [0.2, 0.25) is 5.91 Å². The predicted molar refractivity (Wildman–Crippen MR) is 210 cm³/mol. The zero-order valence-corrected chi connectivity index (χ0v) is 34.2. The van der Waals surface area contributed by atoms with Crippen molar-refractivity contribution in [3.8, 4) is 0 Å². The number of rotatable bonds is 35. The normalized spacial score (nSPS) is 22.4. The molecule has 8 atom stereocenters. The summed E-state index contributed by atoms with van der Waals surface area (Å²) in [5.41, 5.74) is 0. The Morgan fingerprint density at radius 2 is 1.20 bits per heavy atom. The van der Waals surface area contributed by atoms with E-state index in [0.29, 0.717) is 12.8 Å². The molecule has 7 N–H and O–H groups in total. The molecule has 1 heterocycles. The molecule has 0 aromatic heterocycles. The smallest absolute Gasteiger partial charge is 0.394 e. The van der Waals surface area contributed by atoms with E-state index < -0.39 is 78.5 Å². The molecule has 0 spiro atoms. The highest BCUT2D eigenvalue weighted by atomic mass is 32.3. The highest BCUT2D eigenvalue weighted by molar-refractivity contribution is 7.80. The van der Waals surface area contributed by atoms with Crippen molar-refractivity contribution in [3.05, 3.63) is 12.2 Å². The van der Waals surface area contributed by atoms with Crippen LogP contribution in [0.3, 0.4) is 0 Å². The molecule has 1 aliphatic heterocycles. The van der Waals surface area contributed by atoms with Gasteiger partial charge in [0, 0.05) is 0 Å². The number of unbranched alkanes of at least 4 members (excludes halogenated alkanes) is 22. The average molecular weight is 796 g/mol. The van der Waals surface area contributed by atoms with Crippen molar-refractivity contribution < 1.29 is 57.0 Å². The molecule has 0 radical (unpaired) electrons. The Balaban J connectivity index is 2.64. The molecule has 0 aromatic rings. The lowest BCUT2D eigenvalue weighted by Gasteiger charge is -2.41. The molecule has 0 aromatic carbocycles. The highest BCUT2D eigenvalue weighted by Gasteiger charge is 2.48. The molecular weight excluding hydrogens is 719 g/mol.